The first-order valence-electron chi connectivity index (χ1n) is 5.80. The van der Waals surface area contributed by atoms with Crippen molar-refractivity contribution < 1.29 is 9.59 Å². The second-order valence-electron chi connectivity index (χ2n) is 4.14. The van der Waals surface area contributed by atoms with Gasteiger partial charge in [-0.3, -0.25) is 9.59 Å². The summed E-state index contributed by atoms with van der Waals surface area (Å²) in [5, 5.41) is 2.68. The van der Waals surface area contributed by atoms with Crippen molar-refractivity contribution in [3.05, 3.63) is 29.8 Å². The average molecular weight is 232 g/mol. The van der Waals surface area contributed by atoms with Crippen LogP contribution in [0.5, 0.6) is 0 Å². The number of anilines is 1. The lowest BCUT2D eigenvalue weighted by atomic mass is 10.1. The lowest BCUT2D eigenvalue weighted by molar-refractivity contribution is -0.121. The molecule has 0 spiro atoms. The summed E-state index contributed by atoms with van der Waals surface area (Å²) >= 11 is 0. The fraction of sp³-hybridized carbons (Fsp3) is 0.385. The van der Waals surface area contributed by atoms with Crippen LogP contribution in [0.2, 0.25) is 0 Å². The Hall–Kier alpha value is -1.84. The van der Waals surface area contributed by atoms with Gasteiger partial charge in [0.05, 0.1) is 0 Å². The topological polar surface area (TPSA) is 49.4 Å². The molecule has 1 saturated heterocycles. The Labute approximate surface area is 101 Å². The SMILES string of the molecule is CNC(=O)C1CCCN1c1ccccc1C=O. The summed E-state index contributed by atoms with van der Waals surface area (Å²) in [6.07, 6.45) is 2.66. The van der Waals surface area contributed by atoms with E-state index in [2.05, 4.69) is 5.32 Å². The Morgan fingerprint density at radius 3 is 2.94 bits per heavy atom. The van der Waals surface area contributed by atoms with Crippen molar-refractivity contribution in [2.45, 2.75) is 18.9 Å². The number of hydrogen-bond acceptors (Lipinski definition) is 3. The third-order valence-corrected chi connectivity index (χ3v) is 3.18. The number of amides is 1. The maximum absolute atomic E-state index is 11.8. The van der Waals surface area contributed by atoms with Crippen LogP contribution >= 0.6 is 0 Å². The monoisotopic (exact) mass is 232 g/mol. The van der Waals surface area contributed by atoms with E-state index in [1.165, 1.54) is 0 Å². The van der Waals surface area contributed by atoms with Gasteiger partial charge in [0.2, 0.25) is 5.91 Å². The second kappa shape index (κ2) is 4.99. The van der Waals surface area contributed by atoms with Crippen LogP contribution in [0.15, 0.2) is 24.3 Å². The first-order valence-corrected chi connectivity index (χ1v) is 5.80. The van der Waals surface area contributed by atoms with Gasteiger partial charge < -0.3 is 10.2 Å². The first kappa shape index (κ1) is 11.6. The molecule has 1 heterocycles. The summed E-state index contributed by atoms with van der Waals surface area (Å²) in [4.78, 5) is 24.8. The van der Waals surface area contributed by atoms with Crippen LogP contribution < -0.4 is 10.2 Å². The maximum Gasteiger partial charge on any atom is 0.242 e. The fourth-order valence-electron chi connectivity index (χ4n) is 2.34. The predicted octanol–water partition coefficient (Wildman–Crippen LogP) is 1.21. The summed E-state index contributed by atoms with van der Waals surface area (Å²) in [7, 11) is 1.64. The molecule has 1 atom stereocenters. The number of carbonyl (C=O) groups excluding carboxylic acids is 2. The number of rotatable bonds is 3. The third-order valence-electron chi connectivity index (χ3n) is 3.18. The molecule has 1 aromatic carbocycles. The van der Waals surface area contributed by atoms with Gasteiger partial charge >= 0.3 is 0 Å². The number of nitrogens with zero attached hydrogens (tertiary/aromatic N) is 1. The number of carbonyl (C=O) groups is 2. The van der Waals surface area contributed by atoms with Crippen molar-refractivity contribution in [3.63, 3.8) is 0 Å². The highest BCUT2D eigenvalue weighted by molar-refractivity contribution is 5.90. The van der Waals surface area contributed by atoms with Crippen LogP contribution in [0.25, 0.3) is 0 Å². The molecule has 0 saturated carbocycles. The molecule has 1 aliphatic rings. The number of nitrogens with one attached hydrogen (secondary N) is 1. The number of likely N-dealkylation sites (N-methyl/N-ethyl adjacent to an activating group) is 1. The normalized spacial score (nSPS) is 19.1. The molecule has 17 heavy (non-hydrogen) atoms. The predicted molar refractivity (Wildman–Crippen MR) is 66.3 cm³/mol. The van der Waals surface area contributed by atoms with E-state index >= 15 is 0 Å². The minimum atomic E-state index is -0.152. The summed E-state index contributed by atoms with van der Waals surface area (Å²) in [5.41, 5.74) is 1.50. The molecule has 0 bridgehead atoms. The fourth-order valence-corrected chi connectivity index (χ4v) is 2.34. The molecular formula is C13H16N2O2. The van der Waals surface area contributed by atoms with Crippen molar-refractivity contribution in [2.75, 3.05) is 18.5 Å². The van der Waals surface area contributed by atoms with Gasteiger partial charge in [-0.1, -0.05) is 12.1 Å². The highest BCUT2D eigenvalue weighted by Gasteiger charge is 2.31. The third kappa shape index (κ3) is 2.16. The van der Waals surface area contributed by atoms with Gasteiger partial charge in [-0.05, 0) is 25.0 Å². The smallest absolute Gasteiger partial charge is 0.242 e. The number of para-hydroxylation sites is 1. The molecule has 1 unspecified atom stereocenters. The number of benzene rings is 1. The number of hydrogen-bond donors (Lipinski definition) is 1. The van der Waals surface area contributed by atoms with Crippen molar-refractivity contribution >= 4 is 17.9 Å². The van der Waals surface area contributed by atoms with E-state index in [1.807, 2.05) is 23.1 Å². The van der Waals surface area contributed by atoms with Crippen LogP contribution in [0.3, 0.4) is 0 Å². The number of aldehydes is 1. The minimum Gasteiger partial charge on any atom is -0.359 e. The van der Waals surface area contributed by atoms with Crippen molar-refractivity contribution in [3.8, 4) is 0 Å². The summed E-state index contributed by atoms with van der Waals surface area (Å²) in [6.45, 7) is 0.822. The zero-order valence-corrected chi connectivity index (χ0v) is 9.85. The zero-order chi connectivity index (χ0) is 12.3. The van der Waals surface area contributed by atoms with Crippen LogP contribution in [-0.2, 0) is 4.79 Å². The largest absolute Gasteiger partial charge is 0.359 e. The van der Waals surface area contributed by atoms with E-state index in [0.717, 1.165) is 31.4 Å². The molecular weight excluding hydrogens is 216 g/mol. The van der Waals surface area contributed by atoms with Gasteiger partial charge in [-0.25, -0.2) is 0 Å². The zero-order valence-electron chi connectivity index (χ0n) is 9.85. The lowest BCUT2D eigenvalue weighted by Crippen LogP contribution is -2.42. The van der Waals surface area contributed by atoms with Crippen LogP contribution in [0.4, 0.5) is 5.69 Å². The molecule has 1 aliphatic heterocycles. The molecule has 90 valence electrons. The summed E-state index contributed by atoms with van der Waals surface area (Å²) < 4.78 is 0. The maximum atomic E-state index is 11.8. The molecule has 1 fully saturated rings. The van der Waals surface area contributed by atoms with Gasteiger partial charge in [0, 0.05) is 24.8 Å². The standard InChI is InChI=1S/C13H16N2O2/c1-14-13(17)12-7-4-8-15(12)11-6-3-2-5-10(11)9-16/h2-3,5-6,9,12H,4,7-8H2,1H3,(H,14,17). The van der Waals surface area contributed by atoms with E-state index in [0.29, 0.717) is 5.56 Å². The Balaban J connectivity index is 2.32. The Morgan fingerprint density at radius 2 is 2.24 bits per heavy atom. The molecule has 4 heteroatoms. The van der Waals surface area contributed by atoms with E-state index in [1.54, 1.807) is 13.1 Å². The Morgan fingerprint density at radius 1 is 1.47 bits per heavy atom. The van der Waals surface area contributed by atoms with Gasteiger partial charge in [0.25, 0.3) is 0 Å². The molecule has 0 aliphatic carbocycles. The van der Waals surface area contributed by atoms with Crippen LogP contribution in [0.1, 0.15) is 23.2 Å². The van der Waals surface area contributed by atoms with Crippen molar-refractivity contribution in [1.29, 1.82) is 0 Å². The van der Waals surface area contributed by atoms with Crippen LogP contribution in [-0.4, -0.2) is 31.8 Å². The molecule has 2 rings (SSSR count). The Kier molecular flexibility index (Phi) is 3.42. The van der Waals surface area contributed by atoms with Gasteiger partial charge in [0.15, 0.2) is 6.29 Å². The van der Waals surface area contributed by atoms with Gasteiger partial charge in [-0.15, -0.1) is 0 Å². The quantitative estimate of drug-likeness (QED) is 0.797. The van der Waals surface area contributed by atoms with Crippen molar-refractivity contribution in [2.24, 2.45) is 0 Å². The summed E-state index contributed by atoms with van der Waals surface area (Å²) in [5.74, 6) is 0.0169. The second-order valence-corrected chi connectivity index (χ2v) is 4.14. The Bertz CT molecular complexity index is 431. The molecule has 1 N–H and O–H groups in total. The lowest BCUT2D eigenvalue weighted by Gasteiger charge is -2.26. The highest BCUT2D eigenvalue weighted by Crippen LogP contribution is 2.27. The molecule has 1 aromatic rings. The molecule has 1 amide bonds. The van der Waals surface area contributed by atoms with Crippen molar-refractivity contribution in [1.82, 2.24) is 5.32 Å². The van der Waals surface area contributed by atoms with E-state index in [4.69, 9.17) is 0 Å². The average Bonchev–Trinajstić information content (AvgIpc) is 2.86. The summed E-state index contributed by atoms with van der Waals surface area (Å²) in [6, 6.07) is 7.24. The van der Waals surface area contributed by atoms with E-state index in [9.17, 15) is 9.59 Å². The molecule has 0 aromatic heterocycles. The molecule has 4 nitrogen and oxygen atoms in total. The van der Waals surface area contributed by atoms with E-state index < -0.39 is 0 Å². The van der Waals surface area contributed by atoms with Gasteiger partial charge in [0.1, 0.15) is 6.04 Å². The minimum absolute atomic E-state index is 0.0169. The van der Waals surface area contributed by atoms with E-state index in [-0.39, 0.29) is 11.9 Å². The molecule has 0 radical (unpaired) electrons. The van der Waals surface area contributed by atoms with Crippen LogP contribution in [0, 0.1) is 0 Å². The first-order chi connectivity index (χ1) is 8.27. The highest BCUT2D eigenvalue weighted by atomic mass is 16.2. The van der Waals surface area contributed by atoms with Gasteiger partial charge in [-0.2, -0.15) is 0 Å².